The summed E-state index contributed by atoms with van der Waals surface area (Å²) in [6, 6.07) is 1.99. The minimum absolute atomic E-state index is 0.0369. The second-order valence-electron chi connectivity index (χ2n) is 8.84. The van der Waals surface area contributed by atoms with Crippen LogP contribution in [0.1, 0.15) is 66.5 Å². The van der Waals surface area contributed by atoms with Gasteiger partial charge in [-0.25, -0.2) is 4.98 Å². The molecule has 1 atom stereocenters. The fourth-order valence-electron chi connectivity index (χ4n) is 5.02. The van der Waals surface area contributed by atoms with E-state index >= 15 is 0 Å². The summed E-state index contributed by atoms with van der Waals surface area (Å²) in [5.41, 5.74) is 3.64. The molecule has 7 nitrogen and oxygen atoms in total. The van der Waals surface area contributed by atoms with Crippen LogP contribution in [-0.4, -0.2) is 43.6 Å². The van der Waals surface area contributed by atoms with Crippen LogP contribution in [0.3, 0.4) is 0 Å². The van der Waals surface area contributed by atoms with E-state index in [1.165, 1.54) is 0 Å². The molecule has 3 heterocycles. The molecule has 0 bridgehead atoms. The van der Waals surface area contributed by atoms with Crippen LogP contribution in [0.5, 0.6) is 0 Å². The molecule has 28 heavy (non-hydrogen) atoms. The Hall–Kier alpha value is -2.44. The highest BCUT2D eigenvalue weighted by Crippen LogP contribution is 2.45. The highest BCUT2D eigenvalue weighted by Gasteiger charge is 2.46. The normalized spacial score (nSPS) is 24.0. The van der Waals surface area contributed by atoms with Crippen molar-refractivity contribution in [3.63, 3.8) is 0 Å². The van der Waals surface area contributed by atoms with Gasteiger partial charge in [-0.3, -0.25) is 14.3 Å². The summed E-state index contributed by atoms with van der Waals surface area (Å²) in [7, 11) is 0. The number of piperidine rings is 1. The largest absolute Gasteiger partial charge is 0.340 e. The van der Waals surface area contributed by atoms with Gasteiger partial charge in [-0.15, -0.1) is 0 Å². The number of rotatable bonds is 3. The van der Waals surface area contributed by atoms with Crippen molar-refractivity contribution in [1.82, 2.24) is 24.6 Å². The van der Waals surface area contributed by atoms with Crippen molar-refractivity contribution in [3.8, 4) is 0 Å². The lowest BCUT2D eigenvalue weighted by Crippen LogP contribution is -2.49. The SMILES string of the molecule is Cc1cc(C)n(CC(=O)N2CCCC3(CCc4c3nc(C3CC3)[nH]c4=O)C2)n1. The van der Waals surface area contributed by atoms with Gasteiger partial charge in [-0.2, -0.15) is 5.10 Å². The number of nitrogens with zero attached hydrogens (tertiary/aromatic N) is 4. The number of aromatic amines is 1. The van der Waals surface area contributed by atoms with Crippen molar-refractivity contribution in [2.75, 3.05) is 13.1 Å². The molecule has 2 aromatic heterocycles. The van der Waals surface area contributed by atoms with E-state index in [0.717, 1.165) is 73.5 Å². The number of carbonyl (C=O) groups excluding carboxylic acids is 1. The third-order valence-corrected chi connectivity index (χ3v) is 6.67. The number of aromatic nitrogens is 4. The zero-order valence-electron chi connectivity index (χ0n) is 16.6. The minimum atomic E-state index is -0.157. The number of hydrogen-bond acceptors (Lipinski definition) is 4. The Morgan fingerprint density at radius 2 is 2.14 bits per heavy atom. The van der Waals surface area contributed by atoms with Gasteiger partial charge in [-0.1, -0.05) is 0 Å². The Balaban J connectivity index is 1.41. The van der Waals surface area contributed by atoms with Crippen LogP contribution >= 0.6 is 0 Å². The van der Waals surface area contributed by atoms with Gasteiger partial charge in [-0.05, 0) is 58.4 Å². The van der Waals surface area contributed by atoms with Crippen molar-refractivity contribution in [2.24, 2.45) is 0 Å². The molecular weight excluding hydrogens is 354 g/mol. The predicted molar refractivity (Wildman–Crippen MR) is 104 cm³/mol. The topological polar surface area (TPSA) is 83.9 Å². The molecule has 2 aliphatic carbocycles. The first-order valence-electron chi connectivity index (χ1n) is 10.4. The number of carbonyl (C=O) groups is 1. The molecular formula is C21H27N5O2. The third kappa shape index (κ3) is 2.88. The smallest absolute Gasteiger partial charge is 0.254 e. The van der Waals surface area contributed by atoms with Crippen LogP contribution in [0.25, 0.3) is 0 Å². The molecule has 5 rings (SSSR count). The first-order chi connectivity index (χ1) is 13.4. The van der Waals surface area contributed by atoms with E-state index in [-0.39, 0.29) is 23.4 Å². The Kier molecular flexibility index (Phi) is 3.96. The molecule has 1 aliphatic heterocycles. The second kappa shape index (κ2) is 6.29. The van der Waals surface area contributed by atoms with Crippen LogP contribution in [0, 0.1) is 13.8 Å². The predicted octanol–water partition coefficient (Wildman–Crippen LogP) is 1.97. The highest BCUT2D eigenvalue weighted by atomic mass is 16.2. The molecule has 7 heteroatoms. The summed E-state index contributed by atoms with van der Waals surface area (Å²) in [4.78, 5) is 35.5. The average molecular weight is 381 g/mol. The number of nitrogens with one attached hydrogen (secondary N) is 1. The Morgan fingerprint density at radius 1 is 1.32 bits per heavy atom. The van der Waals surface area contributed by atoms with Crippen molar-refractivity contribution < 1.29 is 4.79 Å². The fraction of sp³-hybridized carbons (Fsp3) is 0.619. The molecule has 1 N–H and O–H groups in total. The maximum Gasteiger partial charge on any atom is 0.254 e. The molecule has 2 aromatic rings. The number of amides is 1. The molecule has 1 unspecified atom stereocenters. The maximum atomic E-state index is 13.0. The Morgan fingerprint density at radius 3 is 2.86 bits per heavy atom. The minimum Gasteiger partial charge on any atom is -0.340 e. The second-order valence-corrected chi connectivity index (χ2v) is 8.84. The van der Waals surface area contributed by atoms with Gasteiger partial charge in [0.1, 0.15) is 12.4 Å². The standard InChI is InChI=1S/C21H27N5O2/c1-13-10-14(2)26(24-13)11-17(27)25-9-3-7-21(12-25)8-6-16-18(21)22-19(15-4-5-15)23-20(16)28/h10,15H,3-9,11-12H2,1-2H3,(H,22,23,28). The van der Waals surface area contributed by atoms with E-state index in [9.17, 15) is 9.59 Å². The number of hydrogen-bond donors (Lipinski definition) is 1. The van der Waals surface area contributed by atoms with Gasteiger partial charge >= 0.3 is 0 Å². The number of likely N-dealkylation sites (tertiary alicyclic amines) is 1. The first kappa shape index (κ1) is 17.6. The molecule has 2 fully saturated rings. The first-order valence-corrected chi connectivity index (χ1v) is 10.4. The molecule has 148 valence electrons. The van der Waals surface area contributed by atoms with Gasteiger partial charge in [0.2, 0.25) is 5.91 Å². The van der Waals surface area contributed by atoms with Crippen molar-refractivity contribution in [2.45, 2.75) is 70.3 Å². The van der Waals surface area contributed by atoms with E-state index < -0.39 is 0 Å². The maximum absolute atomic E-state index is 13.0. The van der Waals surface area contributed by atoms with E-state index in [1.807, 2.05) is 24.8 Å². The van der Waals surface area contributed by atoms with E-state index in [1.54, 1.807) is 4.68 Å². The number of fused-ring (bicyclic) bond motifs is 2. The zero-order valence-corrected chi connectivity index (χ0v) is 16.6. The zero-order chi connectivity index (χ0) is 19.5. The van der Waals surface area contributed by atoms with Crippen LogP contribution in [0.15, 0.2) is 10.9 Å². The quantitative estimate of drug-likeness (QED) is 0.881. The number of aryl methyl sites for hydroxylation is 2. The van der Waals surface area contributed by atoms with Gasteiger partial charge in [0.15, 0.2) is 0 Å². The Labute approximate surface area is 164 Å². The fourth-order valence-corrected chi connectivity index (χ4v) is 5.02. The van der Waals surface area contributed by atoms with Crippen LogP contribution in [-0.2, 0) is 23.2 Å². The van der Waals surface area contributed by atoms with Crippen molar-refractivity contribution in [3.05, 3.63) is 44.9 Å². The summed E-state index contributed by atoms with van der Waals surface area (Å²) < 4.78 is 1.79. The van der Waals surface area contributed by atoms with Crippen molar-refractivity contribution in [1.29, 1.82) is 0 Å². The Bertz CT molecular complexity index is 1000. The summed E-state index contributed by atoms with van der Waals surface area (Å²) in [5.74, 6) is 1.38. The van der Waals surface area contributed by atoms with Crippen LogP contribution < -0.4 is 5.56 Å². The summed E-state index contributed by atoms with van der Waals surface area (Å²) in [6.07, 6.45) is 5.86. The molecule has 0 radical (unpaired) electrons. The monoisotopic (exact) mass is 381 g/mol. The molecule has 1 saturated carbocycles. The van der Waals surface area contributed by atoms with Crippen LogP contribution in [0.4, 0.5) is 0 Å². The highest BCUT2D eigenvalue weighted by molar-refractivity contribution is 5.76. The summed E-state index contributed by atoms with van der Waals surface area (Å²) in [6.45, 7) is 5.64. The van der Waals surface area contributed by atoms with Gasteiger partial charge in [0, 0.05) is 35.7 Å². The lowest BCUT2D eigenvalue weighted by atomic mass is 9.77. The van der Waals surface area contributed by atoms with E-state index in [2.05, 4.69) is 10.1 Å². The molecule has 0 aromatic carbocycles. The van der Waals surface area contributed by atoms with Crippen molar-refractivity contribution >= 4 is 5.91 Å². The lowest BCUT2D eigenvalue weighted by molar-refractivity contribution is -0.134. The molecule has 3 aliphatic rings. The lowest BCUT2D eigenvalue weighted by Gasteiger charge is -2.40. The van der Waals surface area contributed by atoms with E-state index in [0.29, 0.717) is 12.5 Å². The van der Waals surface area contributed by atoms with E-state index in [4.69, 9.17) is 4.98 Å². The summed E-state index contributed by atoms with van der Waals surface area (Å²) >= 11 is 0. The molecule has 1 amide bonds. The molecule has 1 spiro atoms. The van der Waals surface area contributed by atoms with Crippen LogP contribution in [0.2, 0.25) is 0 Å². The van der Waals surface area contributed by atoms with Gasteiger partial charge < -0.3 is 9.88 Å². The van der Waals surface area contributed by atoms with Gasteiger partial charge in [0.05, 0.1) is 11.4 Å². The number of H-pyrrole nitrogens is 1. The summed E-state index contributed by atoms with van der Waals surface area (Å²) in [5, 5.41) is 4.43. The molecule has 1 saturated heterocycles. The third-order valence-electron chi connectivity index (χ3n) is 6.67. The van der Waals surface area contributed by atoms with Gasteiger partial charge in [0.25, 0.3) is 5.56 Å². The average Bonchev–Trinajstić information content (AvgIpc) is 3.39.